The lowest BCUT2D eigenvalue weighted by Crippen LogP contribution is -2.65. The van der Waals surface area contributed by atoms with E-state index in [4.69, 9.17) is 4.74 Å². The maximum atomic E-state index is 5.92. The minimum absolute atomic E-state index is 0.0790. The highest BCUT2D eigenvalue weighted by Gasteiger charge is 2.50. The number of hydrogen-bond donors (Lipinski definition) is 2. The Balaban J connectivity index is 1.47. The molecule has 3 aromatic rings. The molecule has 2 unspecified atom stereocenters. The molecule has 0 bridgehead atoms. The second kappa shape index (κ2) is 7.42. The third-order valence-corrected chi connectivity index (χ3v) is 7.51. The second-order valence-corrected chi connectivity index (χ2v) is 9.46. The molecular formula is C21H28N6OS. The van der Waals surface area contributed by atoms with Gasteiger partial charge in [0, 0.05) is 23.7 Å². The number of likely N-dealkylation sites (tertiary alicyclic amines) is 1. The molecule has 154 valence electrons. The fraction of sp³-hybridized carbons (Fsp3) is 0.476. The third kappa shape index (κ3) is 3.62. The van der Waals surface area contributed by atoms with Crippen molar-refractivity contribution in [3.63, 3.8) is 0 Å². The summed E-state index contributed by atoms with van der Waals surface area (Å²) in [5, 5.41) is 20.3. The van der Waals surface area contributed by atoms with Gasteiger partial charge in [-0.1, -0.05) is 38.0 Å². The molecule has 8 heteroatoms. The molecule has 1 aromatic carbocycles. The Bertz CT molecular complexity index is 952. The summed E-state index contributed by atoms with van der Waals surface area (Å²) in [7, 11) is 2.17. The van der Waals surface area contributed by atoms with Gasteiger partial charge in [0.15, 0.2) is 0 Å². The van der Waals surface area contributed by atoms with Crippen LogP contribution < -0.4 is 10.1 Å². The summed E-state index contributed by atoms with van der Waals surface area (Å²) in [5.41, 5.74) is 1.99. The number of rotatable bonds is 5. The van der Waals surface area contributed by atoms with Gasteiger partial charge in [-0.15, -0.1) is 5.10 Å². The summed E-state index contributed by atoms with van der Waals surface area (Å²) >= 11 is 1.43. The van der Waals surface area contributed by atoms with E-state index in [2.05, 4.69) is 65.4 Å². The van der Waals surface area contributed by atoms with Crippen LogP contribution in [-0.4, -0.2) is 44.5 Å². The van der Waals surface area contributed by atoms with E-state index in [0.717, 1.165) is 28.6 Å². The summed E-state index contributed by atoms with van der Waals surface area (Å²) in [6.07, 6.45) is 4.85. The van der Waals surface area contributed by atoms with Gasteiger partial charge in [-0.05, 0) is 55.3 Å². The van der Waals surface area contributed by atoms with Crippen molar-refractivity contribution < 1.29 is 4.74 Å². The van der Waals surface area contributed by atoms with Gasteiger partial charge in [0.2, 0.25) is 5.13 Å². The molecule has 2 atom stereocenters. The lowest BCUT2D eigenvalue weighted by Gasteiger charge is -2.57. The highest BCUT2D eigenvalue weighted by atomic mass is 32.1. The van der Waals surface area contributed by atoms with Crippen molar-refractivity contribution in [2.45, 2.75) is 39.8 Å². The molecule has 2 aromatic heterocycles. The van der Waals surface area contributed by atoms with E-state index in [1.165, 1.54) is 17.8 Å². The molecule has 4 rings (SSSR count). The van der Waals surface area contributed by atoms with Crippen LogP contribution in [0.3, 0.4) is 0 Å². The van der Waals surface area contributed by atoms with E-state index < -0.39 is 0 Å². The zero-order chi connectivity index (χ0) is 20.6. The maximum Gasteiger partial charge on any atom is 0.301 e. The lowest BCUT2D eigenvalue weighted by molar-refractivity contribution is -0.0444. The normalized spacial score (nSPS) is 24.4. The van der Waals surface area contributed by atoms with Crippen LogP contribution >= 0.6 is 11.3 Å². The van der Waals surface area contributed by atoms with Crippen LogP contribution in [0, 0.1) is 11.3 Å². The third-order valence-electron chi connectivity index (χ3n) is 6.80. The number of H-pyrrole nitrogens is 1. The Hall–Kier alpha value is -2.45. The van der Waals surface area contributed by atoms with Crippen LogP contribution in [0.2, 0.25) is 0 Å². The summed E-state index contributed by atoms with van der Waals surface area (Å²) in [6.45, 7) is 10.3. The molecular weight excluding hydrogens is 384 g/mol. The van der Waals surface area contributed by atoms with E-state index in [1.54, 1.807) is 6.20 Å². The van der Waals surface area contributed by atoms with Crippen LogP contribution in [-0.2, 0) is 0 Å². The average molecular weight is 413 g/mol. The van der Waals surface area contributed by atoms with Crippen molar-refractivity contribution in [2.75, 3.05) is 18.9 Å². The molecule has 0 radical (unpaired) electrons. The summed E-state index contributed by atoms with van der Waals surface area (Å²) in [5.74, 6) is 1.34. The first-order chi connectivity index (χ1) is 13.8. The number of benzene rings is 1. The van der Waals surface area contributed by atoms with Gasteiger partial charge in [0.1, 0.15) is 5.75 Å². The van der Waals surface area contributed by atoms with Crippen molar-refractivity contribution in [3.8, 4) is 22.1 Å². The van der Waals surface area contributed by atoms with E-state index in [1.807, 2.05) is 30.5 Å². The summed E-state index contributed by atoms with van der Waals surface area (Å²) < 4.78 is 5.92. The second-order valence-electron chi connectivity index (χ2n) is 8.52. The maximum absolute atomic E-state index is 5.92. The van der Waals surface area contributed by atoms with Gasteiger partial charge in [-0.3, -0.25) is 10.00 Å². The number of nitrogens with one attached hydrogen (secondary N) is 2. The molecule has 3 heterocycles. The zero-order valence-corrected chi connectivity index (χ0v) is 18.4. The largest absolute Gasteiger partial charge is 0.430 e. The van der Waals surface area contributed by atoms with E-state index >= 15 is 0 Å². The van der Waals surface area contributed by atoms with Gasteiger partial charge in [-0.2, -0.15) is 5.10 Å². The van der Waals surface area contributed by atoms with Crippen LogP contribution in [0.25, 0.3) is 11.1 Å². The minimum Gasteiger partial charge on any atom is -0.430 e. The Kier molecular flexibility index (Phi) is 5.08. The molecule has 2 N–H and O–H groups in total. The molecule has 29 heavy (non-hydrogen) atoms. The van der Waals surface area contributed by atoms with E-state index in [0.29, 0.717) is 11.1 Å². The number of piperidine rings is 1. The Morgan fingerprint density at radius 3 is 2.62 bits per heavy atom. The molecule has 1 fully saturated rings. The predicted octanol–water partition coefficient (Wildman–Crippen LogP) is 4.85. The fourth-order valence-corrected chi connectivity index (χ4v) is 4.65. The smallest absolute Gasteiger partial charge is 0.301 e. The van der Waals surface area contributed by atoms with Crippen molar-refractivity contribution in [3.05, 3.63) is 36.7 Å². The topological polar surface area (TPSA) is 79.0 Å². The van der Waals surface area contributed by atoms with E-state index in [9.17, 15) is 0 Å². The first kappa shape index (κ1) is 19.8. The quantitative estimate of drug-likeness (QED) is 0.624. The highest BCUT2D eigenvalue weighted by Crippen LogP contribution is 2.47. The van der Waals surface area contributed by atoms with Crippen molar-refractivity contribution in [1.29, 1.82) is 0 Å². The van der Waals surface area contributed by atoms with Crippen molar-refractivity contribution >= 4 is 16.5 Å². The molecule has 0 aliphatic carbocycles. The number of anilines is 1. The highest BCUT2D eigenvalue weighted by molar-refractivity contribution is 7.16. The SMILES string of the molecule is CC1CCN(C)C(C)(Nc2nnc(Oc3ccc(-c4cn[nH]c4)cc3)s2)C1(C)C. The van der Waals surface area contributed by atoms with Gasteiger partial charge >= 0.3 is 5.19 Å². The molecule has 1 aliphatic rings. The van der Waals surface area contributed by atoms with Crippen LogP contribution in [0.15, 0.2) is 36.7 Å². The summed E-state index contributed by atoms with van der Waals surface area (Å²) in [6, 6.07) is 7.86. The number of nitrogens with zero attached hydrogens (tertiary/aromatic N) is 4. The molecule has 0 spiro atoms. The molecule has 1 saturated heterocycles. The Morgan fingerprint density at radius 1 is 1.17 bits per heavy atom. The fourth-order valence-electron chi connectivity index (χ4n) is 3.93. The molecule has 7 nitrogen and oxygen atoms in total. The Morgan fingerprint density at radius 2 is 1.93 bits per heavy atom. The van der Waals surface area contributed by atoms with E-state index in [-0.39, 0.29) is 11.1 Å². The van der Waals surface area contributed by atoms with Crippen LogP contribution in [0.5, 0.6) is 10.9 Å². The summed E-state index contributed by atoms with van der Waals surface area (Å²) in [4.78, 5) is 2.38. The molecule has 1 aliphatic heterocycles. The molecule has 0 amide bonds. The zero-order valence-electron chi connectivity index (χ0n) is 17.6. The Labute approximate surface area is 175 Å². The van der Waals surface area contributed by atoms with Gasteiger partial charge < -0.3 is 10.1 Å². The number of hydrogen-bond acceptors (Lipinski definition) is 7. The van der Waals surface area contributed by atoms with Gasteiger partial charge in [-0.25, -0.2) is 0 Å². The number of aromatic amines is 1. The lowest BCUT2D eigenvalue weighted by atomic mass is 9.66. The standard InChI is InChI=1S/C21H28N6OS/c1-14-10-11-27(5)21(4,20(14,2)3)24-18-25-26-19(29-18)28-17-8-6-15(7-9-17)16-12-22-23-13-16/h6-9,12-14H,10-11H2,1-5H3,(H,22,23)(H,24,25). The minimum atomic E-state index is -0.215. The first-order valence-electron chi connectivity index (χ1n) is 9.89. The van der Waals surface area contributed by atoms with Gasteiger partial charge in [0.05, 0.1) is 11.9 Å². The first-order valence-corrected chi connectivity index (χ1v) is 10.7. The van der Waals surface area contributed by atoms with Crippen LogP contribution in [0.4, 0.5) is 5.13 Å². The van der Waals surface area contributed by atoms with Crippen molar-refractivity contribution in [1.82, 2.24) is 25.3 Å². The van der Waals surface area contributed by atoms with Gasteiger partial charge in [0.25, 0.3) is 0 Å². The average Bonchev–Trinajstić information content (AvgIpc) is 3.37. The number of aromatic nitrogens is 4. The van der Waals surface area contributed by atoms with Crippen molar-refractivity contribution in [2.24, 2.45) is 11.3 Å². The van der Waals surface area contributed by atoms with Crippen LogP contribution in [0.1, 0.15) is 34.1 Å². The monoisotopic (exact) mass is 412 g/mol. The molecule has 0 saturated carbocycles. The number of ether oxygens (including phenoxy) is 1. The predicted molar refractivity (Wildman–Crippen MR) is 116 cm³/mol.